The minimum Gasteiger partial charge on any atom is -0.341 e. The molecule has 0 saturated carbocycles. The minimum absolute atomic E-state index is 0.0447. The average molecular weight is 270 g/mol. The molecule has 2 rings (SSSR count). The number of fused-ring (bicyclic) bond motifs is 1. The van der Waals surface area contributed by atoms with E-state index in [-0.39, 0.29) is 11.3 Å². The fraction of sp³-hybridized carbons (Fsp3) is 0.353. The van der Waals surface area contributed by atoms with E-state index in [4.69, 9.17) is 5.73 Å². The van der Waals surface area contributed by atoms with E-state index in [0.29, 0.717) is 13.1 Å². The van der Waals surface area contributed by atoms with E-state index in [2.05, 4.69) is 13.8 Å². The molecule has 0 fully saturated rings. The summed E-state index contributed by atoms with van der Waals surface area (Å²) < 4.78 is 0. The first-order chi connectivity index (χ1) is 9.44. The molecule has 20 heavy (non-hydrogen) atoms. The van der Waals surface area contributed by atoms with Gasteiger partial charge in [-0.25, -0.2) is 0 Å². The molecule has 0 aromatic heterocycles. The van der Waals surface area contributed by atoms with E-state index in [1.165, 1.54) is 0 Å². The highest BCUT2D eigenvalue weighted by atomic mass is 16.2. The van der Waals surface area contributed by atoms with Crippen molar-refractivity contribution in [1.82, 2.24) is 4.90 Å². The number of benzene rings is 2. The van der Waals surface area contributed by atoms with Crippen molar-refractivity contribution in [3.05, 3.63) is 48.0 Å². The molecule has 2 aromatic carbocycles. The van der Waals surface area contributed by atoms with Crippen LogP contribution in [0.2, 0.25) is 0 Å². The fourth-order valence-corrected chi connectivity index (χ4v) is 2.40. The first-order valence-electron chi connectivity index (χ1n) is 6.88. The van der Waals surface area contributed by atoms with E-state index in [1.54, 1.807) is 4.90 Å². The average Bonchev–Trinajstić information content (AvgIpc) is 2.45. The standard InChI is InChI=1S/C17H22N2O/c1-17(2,11-18)12-19(3)16(20)15-10-6-8-13-7-4-5-9-14(13)15/h4-10H,11-12,18H2,1-3H3. The number of carbonyl (C=O) groups is 1. The maximum Gasteiger partial charge on any atom is 0.254 e. The fourth-order valence-electron chi connectivity index (χ4n) is 2.40. The number of rotatable bonds is 4. The number of amides is 1. The summed E-state index contributed by atoms with van der Waals surface area (Å²) in [5.74, 6) is 0.0447. The zero-order chi connectivity index (χ0) is 14.8. The Morgan fingerprint density at radius 2 is 1.80 bits per heavy atom. The van der Waals surface area contributed by atoms with E-state index in [9.17, 15) is 4.79 Å². The Morgan fingerprint density at radius 3 is 2.50 bits per heavy atom. The second-order valence-electron chi connectivity index (χ2n) is 6.06. The summed E-state index contributed by atoms with van der Waals surface area (Å²) in [6.45, 7) is 5.34. The molecule has 2 N–H and O–H groups in total. The molecule has 0 radical (unpaired) electrons. The lowest BCUT2D eigenvalue weighted by Crippen LogP contribution is -2.39. The van der Waals surface area contributed by atoms with Crippen molar-refractivity contribution in [3.63, 3.8) is 0 Å². The molecule has 0 aliphatic heterocycles. The second kappa shape index (κ2) is 5.63. The number of nitrogens with two attached hydrogens (primary N) is 1. The van der Waals surface area contributed by atoms with Crippen molar-refractivity contribution in [2.24, 2.45) is 11.1 Å². The van der Waals surface area contributed by atoms with Gasteiger partial charge in [0.2, 0.25) is 0 Å². The van der Waals surface area contributed by atoms with Crippen molar-refractivity contribution in [2.45, 2.75) is 13.8 Å². The molecule has 0 heterocycles. The summed E-state index contributed by atoms with van der Waals surface area (Å²) in [5, 5.41) is 2.09. The largest absolute Gasteiger partial charge is 0.341 e. The quantitative estimate of drug-likeness (QED) is 0.928. The van der Waals surface area contributed by atoms with E-state index >= 15 is 0 Å². The summed E-state index contributed by atoms with van der Waals surface area (Å²) in [4.78, 5) is 14.4. The van der Waals surface area contributed by atoms with Crippen LogP contribution < -0.4 is 5.73 Å². The SMILES string of the molecule is CN(CC(C)(C)CN)C(=O)c1cccc2ccccc12. The van der Waals surface area contributed by atoms with Gasteiger partial charge in [0.15, 0.2) is 0 Å². The lowest BCUT2D eigenvalue weighted by molar-refractivity contribution is 0.0742. The van der Waals surface area contributed by atoms with E-state index < -0.39 is 0 Å². The van der Waals surface area contributed by atoms with Gasteiger partial charge in [0.05, 0.1) is 0 Å². The van der Waals surface area contributed by atoms with Crippen molar-refractivity contribution >= 4 is 16.7 Å². The predicted molar refractivity (Wildman–Crippen MR) is 83.7 cm³/mol. The predicted octanol–water partition coefficient (Wildman–Crippen LogP) is 2.90. The van der Waals surface area contributed by atoms with Crippen molar-refractivity contribution < 1.29 is 4.79 Å². The highest BCUT2D eigenvalue weighted by Gasteiger charge is 2.22. The number of nitrogens with zero attached hydrogens (tertiary/aromatic N) is 1. The van der Waals surface area contributed by atoms with Crippen LogP contribution in [0.15, 0.2) is 42.5 Å². The van der Waals surface area contributed by atoms with Gasteiger partial charge in [-0.15, -0.1) is 0 Å². The van der Waals surface area contributed by atoms with Crippen LogP contribution in [0.4, 0.5) is 0 Å². The Morgan fingerprint density at radius 1 is 1.15 bits per heavy atom. The first-order valence-corrected chi connectivity index (χ1v) is 6.88. The molecule has 3 nitrogen and oxygen atoms in total. The third-order valence-corrected chi connectivity index (χ3v) is 3.58. The van der Waals surface area contributed by atoms with Gasteiger partial charge in [-0.05, 0) is 28.8 Å². The maximum atomic E-state index is 12.6. The molecule has 0 unspecified atom stereocenters. The van der Waals surface area contributed by atoms with Crippen molar-refractivity contribution in [3.8, 4) is 0 Å². The Kier molecular flexibility index (Phi) is 4.09. The molecular weight excluding hydrogens is 248 g/mol. The van der Waals surface area contributed by atoms with Crippen LogP contribution in [-0.2, 0) is 0 Å². The van der Waals surface area contributed by atoms with Crippen LogP contribution in [0.5, 0.6) is 0 Å². The Labute approximate surface area is 120 Å². The summed E-state index contributed by atoms with van der Waals surface area (Å²) in [7, 11) is 1.83. The highest BCUT2D eigenvalue weighted by molar-refractivity contribution is 6.06. The van der Waals surface area contributed by atoms with E-state index in [1.807, 2.05) is 49.5 Å². The molecule has 1 amide bonds. The maximum absolute atomic E-state index is 12.6. The molecule has 2 aromatic rings. The van der Waals surface area contributed by atoms with Crippen molar-refractivity contribution in [1.29, 1.82) is 0 Å². The van der Waals surface area contributed by atoms with Crippen LogP contribution in [0.1, 0.15) is 24.2 Å². The molecule has 0 aliphatic carbocycles. The zero-order valence-corrected chi connectivity index (χ0v) is 12.4. The Hall–Kier alpha value is -1.87. The lowest BCUT2D eigenvalue weighted by Gasteiger charge is -2.29. The molecule has 106 valence electrons. The molecule has 0 aliphatic rings. The van der Waals surface area contributed by atoms with Gasteiger partial charge in [0.1, 0.15) is 0 Å². The third-order valence-electron chi connectivity index (χ3n) is 3.58. The molecule has 3 heteroatoms. The molecular formula is C17H22N2O. The molecule has 0 atom stereocenters. The van der Waals surface area contributed by atoms with Crippen molar-refractivity contribution in [2.75, 3.05) is 20.1 Å². The van der Waals surface area contributed by atoms with Gasteiger partial charge in [-0.3, -0.25) is 4.79 Å². The molecule has 0 saturated heterocycles. The Bertz CT molecular complexity index is 614. The number of hydrogen-bond donors (Lipinski definition) is 1. The van der Waals surface area contributed by atoms with Crippen LogP contribution in [0, 0.1) is 5.41 Å². The lowest BCUT2D eigenvalue weighted by atomic mass is 9.93. The van der Waals surface area contributed by atoms with Crippen LogP contribution in [0.3, 0.4) is 0 Å². The van der Waals surface area contributed by atoms with Crippen LogP contribution in [-0.4, -0.2) is 30.9 Å². The van der Waals surface area contributed by atoms with Gasteiger partial charge in [-0.2, -0.15) is 0 Å². The summed E-state index contributed by atoms with van der Waals surface area (Å²) >= 11 is 0. The van der Waals surface area contributed by atoms with Crippen LogP contribution in [0.25, 0.3) is 10.8 Å². The van der Waals surface area contributed by atoms with Gasteiger partial charge in [0.25, 0.3) is 5.91 Å². The summed E-state index contributed by atoms with van der Waals surface area (Å²) in [6.07, 6.45) is 0. The summed E-state index contributed by atoms with van der Waals surface area (Å²) in [5.41, 5.74) is 6.42. The minimum atomic E-state index is -0.0744. The van der Waals surface area contributed by atoms with E-state index in [0.717, 1.165) is 16.3 Å². The Balaban J connectivity index is 2.32. The van der Waals surface area contributed by atoms with Gasteiger partial charge in [0, 0.05) is 19.2 Å². The third kappa shape index (κ3) is 2.99. The van der Waals surface area contributed by atoms with Gasteiger partial charge < -0.3 is 10.6 Å². The topological polar surface area (TPSA) is 46.3 Å². The van der Waals surface area contributed by atoms with Gasteiger partial charge >= 0.3 is 0 Å². The molecule has 0 bridgehead atoms. The number of carbonyl (C=O) groups excluding carboxylic acids is 1. The number of hydrogen-bond acceptors (Lipinski definition) is 2. The normalized spacial score (nSPS) is 11.6. The van der Waals surface area contributed by atoms with Gasteiger partial charge in [-0.1, -0.05) is 50.2 Å². The van der Waals surface area contributed by atoms with Crippen LogP contribution >= 0.6 is 0 Å². The molecule has 0 spiro atoms. The first kappa shape index (κ1) is 14.5. The zero-order valence-electron chi connectivity index (χ0n) is 12.4. The second-order valence-corrected chi connectivity index (χ2v) is 6.06. The smallest absolute Gasteiger partial charge is 0.254 e. The summed E-state index contributed by atoms with van der Waals surface area (Å²) in [6, 6.07) is 13.8. The highest BCUT2D eigenvalue weighted by Crippen LogP contribution is 2.21. The monoisotopic (exact) mass is 270 g/mol.